The molecule has 1 aromatic carbocycles. The Labute approximate surface area is 132 Å². The molecule has 0 saturated heterocycles. The van der Waals surface area contributed by atoms with Crippen LogP contribution in [-0.2, 0) is 0 Å². The van der Waals surface area contributed by atoms with Gasteiger partial charge >= 0.3 is 0 Å². The number of pyridine rings is 1. The molecule has 0 aliphatic heterocycles. The van der Waals surface area contributed by atoms with Crippen molar-refractivity contribution in [3.8, 4) is 22.1 Å². The van der Waals surface area contributed by atoms with E-state index in [1.54, 1.807) is 24.6 Å². The summed E-state index contributed by atoms with van der Waals surface area (Å²) in [4.78, 5) is 5.27. The zero-order chi connectivity index (χ0) is 15.4. The number of nitrogens with zero attached hydrogens (tertiary/aromatic N) is 1. The van der Waals surface area contributed by atoms with E-state index in [0.29, 0.717) is 18.9 Å². The molecule has 0 aliphatic rings. The van der Waals surface area contributed by atoms with Crippen molar-refractivity contribution < 1.29 is 13.9 Å². The Hall–Kier alpha value is -2.14. The maximum absolute atomic E-state index is 12.1. The molecule has 2 aromatic heterocycles. The Kier molecular flexibility index (Phi) is 4.53. The number of aromatic nitrogens is 1. The SMILES string of the molecule is COc1cc(-c2cc3ccc(OCCCF)cc3s2)ccn1. The molecule has 114 valence electrons. The fraction of sp³-hybridized carbons (Fsp3) is 0.235. The van der Waals surface area contributed by atoms with Crippen LogP contribution in [0.15, 0.2) is 42.6 Å². The van der Waals surface area contributed by atoms with Crippen molar-refractivity contribution in [1.82, 2.24) is 4.98 Å². The van der Waals surface area contributed by atoms with Crippen LogP contribution in [0.2, 0.25) is 0 Å². The molecule has 0 atom stereocenters. The molecule has 0 saturated carbocycles. The molecule has 2 heterocycles. The van der Waals surface area contributed by atoms with Crippen LogP contribution in [0.4, 0.5) is 4.39 Å². The highest BCUT2D eigenvalue weighted by atomic mass is 32.1. The predicted octanol–water partition coefficient (Wildman–Crippen LogP) is 4.71. The molecule has 22 heavy (non-hydrogen) atoms. The molecule has 5 heteroatoms. The summed E-state index contributed by atoms with van der Waals surface area (Å²) >= 11 is 1.69. The normalized spacial score (nSPS) is 10.8. The molecule has 0 amide bonds. The summed E-state index contributed by atoms with van der Waals surface area (Å²) in [6.07, 6.45) is 2.16. The first-order valence-corrected chi connectivity index (χ1v) is 7.84. The van der Waals surface area contributed by atoms with E-state index in [1.165, 1.54) is 0 Å². The lowest BCUT2D eigenvalue weighted by Crippen LogP contribution is -1.97. The number of ether oxygens (including phenoxy) is 2. The second kappa shape index (κ2) is 6.75. The molecule has 0 bridgehead atoms. The topological polar surface area (TPSA) is 31.4 Å². The number of thiophene rings is 1. The van der Waals surface area contributed by atoms with Gasteiger partial charge < -0.3 is 9.47 Å². The van der Waals surface area contributed by atoms with Gasteiger partial charge in [0.15, 0.2) is 0 Å². The van der Waals surface area contributed by atoms with Crippen LogP contribution >= 0.6 is 11.3 Å². The zero-order valence-corrected chi connectivity index (χ0v) is 13.0. The summed E-state index contributed by atoms with van der Waals surface area (Å²) in [6.45, 7) is 0.0526. The lowest BCUT2D eigenvalue weighted by molar-refractivity contribution is 0.290. The predicted molar refractivity (Wildman–Crippen MR) is 87.7 cm³/mol. The highest BCUT2D eigenvalue weighted by Gasteiger charge is 2.07. The van der Waals surface area contributed by atoms with E-state index in [-0.39, 0.29) is 6.67 Å². The number of fused-ring (bicyclic) bond motifs is 1. The van der Waals surface area contributed by atoms with Gasteiger partial charge in [0.2, 0.25) is 5.88 Å². The molecule has 3 aromatic rings. The summed E-state index contributed by atoms with van der Waals surface area (Å²) < 4.78 is 24.0. The molecule has 3 nitrogen and oxygen atoms in total. The number of benzene rings is 1. The van der Waals surface area contributed by atoms with Crippen LogP contribution in [0.25, 0.3) is 20.5 Å². The Morgan fingerprint density at radius 3 is 2.91 bits per heavy atom. The van der Waals surface area contributed by atoms with Crippen molar-refractivity contribution in [1.29, 1.82) is 0 Å². The van der Waals surface area contributed by atoms with E-state index in [4.69, 9.17) is 9.47 Å². The Balaban J connectivity index is 1.88. The van der Waals surface area contributed by atoms with Gasteiger partial charge in [0.25, 0.3) is 0 Å². The Morgan fingerprint density at radius 1 is 1.18 bits per heavy atom. The summed E-state index contributed by atoms with van der Waals surface area (Å²) in [5.74, 6) is 1.38. The van der Waals surface area contributed by atoms with Crippen molar-refractivity contribution in [2.45, 2.75) is 6.42 Å². The van der Waals surface area contributed by atoms with Crippen LogP contribution in [0.3, 0.4) is 0 Å². The van der Waals surface area contributed by atoms with Crippen LogP contribution < -0.4 is 9.47 Å². The average molecular weight is 317 g/mol. The highest BCUT2D eigenvalue weighted by Crippen LogP contribution is 2.36. The molecule has 0 N–H and O–H groups in total. The van der Waals surface area contributed by atoms with E-state index in [9.17, 15) is 4.39 Å². The highest BCUT2D eigenvalue weighted by molar-refractivity contribution is 7.22. The van der Waals surface area contributed by atoms with Crippen molar-refractivity contribution in [3.05, 3.63) is 42.6 Å². The van der Waals surface area contributed by atoms with Crippen LogP contribution in [0, 0.1) is 0 Å². The van der Waals surface area contributed by atoms with E-state index in [0.717, 1.165) is 26.3 Å². The van der Waals surface area contributed by atoms with Crippen LogP contribution in [-0.4, -0.2) is 25.4 Å². The van der Waals surface area contributed by atoms with Gasteiger partial charge in [-0.15, -0.1) is 11.3 Å². The monoisotopic (exact) mass is 317 g/mol. The third-order valence-corrected chi connectivity index (χ3v) is 4.41. The molecule has 0 aliphatic carbocycles. The van der Waals surface area contributed by atoms with Gasteiger partial charge in [0.1, 0.15) is 5.75 Å². The first-order valence-electron chi connectivity index (χ1n) is 7.03. The number of methoxy groups -OCH3 is 1. The van der Waals surface area contributed by atoms with E-state index in [2.05, 4.69) is 11.1 Å². The lowest BCUT2D eigenvalue weighted by atomic mass is 10.2. The van der Waals surface area contributed by atoms with Gasteiger partial charge in [0, 0.05) is 28.3 Å². The Bertz CT molecular complexity index is 772. The van der Waals surface area contributed by atoms with Gasteiger partial charge in [-0.3, -0.25) is 4.39 Å². The van der Waals surface area contributed by atoms with E-state index < -0.39 is 0 Å². The Morgan fingerprint density at radius 2 is 2.09 bits per heavy atom. The quantitative estimate of drug-likeness (QED) is 0.617. The average Bonchev–Trinajstić information content (AvgIpc) is 2.98. The number of hydrogen-bond donors (Lipinski definition) is 0. The first-order chi connectivity index (χ1) is 10.8. The minimum absolute atomic E-state index is 0.352. The standard InChI is InChI=1S/C17H16FNO2S/c1-20-17-10-13(5-7-19-17)15-9-12-3-4-14(11-16(12)22-15)21-8-2-6-18/h3-5,7,9-11H,2,6,8H2,1H3. The lowest BCUT2D eigenvalue weighted by Gasteiger charge is -2.03. The van der Waals surface area contributed by atoms with Crippen molar-refractivity contribution in [3.63, 3.8) is 0 Å². The zero-order valence-electron chi connectivity index (χ0n) is 12.2. The van der Waals surface area contributed by atoms with Crippen LogP contribution in [0.1, 0.15) is 6.42 Å². The van der Waals surface area contributed by atoms with Gasteiger partial charge in [-0.2, -0.15) is 0 Å². The number of halogens is 1. The minimum Gasteiger partial charge on any atom is -0.493 e. The maximum atomic E-state index is 12.1. The summed E-state index contributed by atoms with van der Waals surface area (Å²) in [7, 11) is 1.61. The molecular formula is C17H16FNO2S. The maximum Gasteiger partial charge on any atom is 0.213 e. The van der Waals surface area contributed by atoms with Gasteiger partial charge in [0.05, 0.1) is 20.4 Å². The largest absolute Gasteiger partial charge is 0.493 e. The fourth-order valence-corrected chi connectivity index (χ4v) is 3.25. The third kappa shape index (κ3) is 3.20. The van der Waals surface area contributed by atoms with Gasteiger partial charge in [-0.05, 0) is 41.3 Å². The molecule has 0 fully saturated rings. The number of rotatable bonds is 6. The molecule has 0 unspecified atom stereocenters. The number of alkyl halides is 1. The second-order valence-electron chi connectivity index (χ2n) is 4.79. The summed E-state index contributed by atoms with van der Waals surface area (Å²) in [6, 6.07) is 12.0. The smallest absolute Gasteiger partial charge is 0.213 e. The minimum atomic E-state index is -0.352. The van der Waals surface area contributed by atoms with Crippen molar-refractivity contribution in [2.24, 2.45) is 0 Å². The molecule has 0 radical (unpaired) electrons. The van der Waals surface area contributed by atoms with E-state index in [1.807, 2.05) is 30.3 Å². The summed E-state index contributed by atoms with van der Waals surface area (Å²) in [5.41, 5.74) is 1.08. The van der Waals surface area contributed by atoms with Crippen LogP contribution in [0.5, 0.6) is 11.6 Å². The summed E-state index contributed by atoms with van der Waals surface area (Å²) in [5, 5.41) is 1.16. The second-order valence-corrected chi connectivity index (χ2v) is 5.87. The van der Waals surface area contributed by atoms with Gasteiger partial charge in [-0.1, -0.05) is 0 Å². The molecule has 3 rings (SSSR count). The van der Waals surface area contributed by atoms with Gasteiger partial charge in [-0.25, -0.2) is 4.98 Å². The molecular weight excluding hydrogens is 301 g/mol. The van der Waals surface area contributed by atoms with E-state index >= 15 is 0 Å². The first kappa shape index (κ1) is 14.8. The third-order valence-electron chi connectivity index (χ3n) is 3.27. The van der Waals surface area contributed by atoms with Crippen molar-refractivity contribution in [2.75, 3.05) is 20.4 Å². The van der Waals surface area contributed by atoms with Crippen molar-refractivity contribution >= 4 is 21.4 Å². The molecule has 0 spiro atoms. The number of hydrogen-bond acceptors (Lipinski definition) is 4. The fourth-order valence-electron chi connectivity index (χ4n) is 2.16.